The molecule has 0 saturated carbocycles. The first-order valence-electron chi connectivity index (χ1n) is 7.17. The van der Waals surface area contributed by atoms with Crippen LogP contribution in [0.2, 0.25) is 10.0 Å². The maximum atomic E-state index is 11.9. The zero-order valence-electron chi connectivity index (χ0n) is 12.9. The van der Waals surface area contributed by atoms with Crippen LogP contribution in [0.5, 0.6) is 0 Å². The summed E-state index contributed by atoms with van der Waals surface area (Å²) in [5.74, 6) is -0.593. The molecular weight excluding hydrogens is 351 g/mol. The van der Waals surface area contributed by atoms with Gasteiger partial charge in [-0.2, -0.15) is 0 Å². The third-order valence-electron chi connectivity index (χ3n) is 3.17. The Kier molecular flexibility index (Phi) is 6.46. The summed E-state index contributed by atoms with van der Waals surface area (Å²) >= 11 is 11.8. The fourth-order valence-electron chi connectivity index (χ4n) is 2.00. The van der Waals surface area contributed by atoms with Crippen LogP contribution >= 0.6 is 23.2 Å². The second-order valence-corrected chi connectivity index (χ2v) is 5.77. The monoisotopic (exact) mass is 366 g/mol. The highest BCUT2D eigenvalue weighted by Crippen LogP contribution is 2.25. The first-order valence-corrected chi connectivity index (χ1v) is 7.92. The molecule has 0 aromatic heterocycles. The van der Waals surface area contributed by atoms with E-state index in [2.05, 4.69) is 15.4 Å². The van der Waals surface area contributed by atoms with Crippen molar-refractivity contribution in [3.05, 3.63) is 58.1 Å². The number of nitrogens with one attached hydrogen (secondary N) is 2. The van der Waals surface area contributed by atoms with Crippen LogP contribution in [0.3, 0.4) is 0 Å². The average molecular weight is 367 g/mol. The lowest BCUT2D eigenvalue weighted by Crippen LogP contribution is -2.16. The molecule has 0 aliphatic rings. The van der Waals surface area contributed by atoms with Gasteiger partial charge in [-0.05, 0) is 36.4 Å². The van der Waals surface area contributed by atoms with E-state index in [9.17, 15) is 9.59 Å². The minimum Gasteiger partial charge on any atom is -0.465 e. The molecule has 2 N–H and O–H groups in total. The molecule has 0 atom stereocenters. The Morgan fingerprint density at radius 3 is 2.62 bits per heavy atom. The van der Waals surface area contributed by atoms with E-state index in [1.165, 1.54) is 7.11 Å². The molecule has 2 aromatic carbocycles. The van der Waals surface area contributed by atoms with Crippen molar-refractivity contribution in [3.63, 3.8) is 0 Å². The summed E-state index contributed by atoms with van der Waals surface area (Å²) < 4.78 is 4.67. The molecule has 0 fully saturated rings. The Morgan fingerprint density at radius 2 is 1.92 bits per heavy atom. The summed E-state index contributed by atoms with van der Waals surface area (Å²) in [7, 11) is 1.33. The molecule has 2 rings (SSSR count). The number of hydrogen-bond acceptors (Lipinski definition) is 4. The van der Waals surface area contributed by atoms with Crippen molar-refractivity contribution in [1.82, 2.24) is 0 Å². The molecule has 0 aliphatic carbocycles. The minimum absolute atomic E-state index is 0.184. The molecule has 1 amide bonds. The molecule has 5 nitrogen and oxygen atoms in total. The normalized spacial score (nSPS) is 10.1. The number of benzene rings is 2. The van der Waals surface area contributed by atoms with Gasteiger partial charge in [-0.3, -0.25) is 4.79 Å². The van der Waals surface area contributed by atoms with Crippen LogP contribution in [0.25, 0.3) is 0 Å². The van der Waals surface area contributed by atoms with Gasteiger partial charge in [0, 0.05) is 23.7 Å². The lowest BCUT2D eigenvalue weighted by molar-refractivity contribution is -0.115. The van der Waals surface area contributed by atoms with Gasteiger partial charge in [0.25, 0.3) is 0 Å². The van der Waals surface area contributed by atoms with Crippen LogP contribution in [0.15, 0.2) is 42.5 Å². The van der Waals surface area contributed by atoms with E-state index >= 15 is 0 Å². The Hall–Kier alpha value is -2.24. The van der Waals surface area contributed by atoms with Crippen LogP contribution in [0, 0.1) is 0 Å². The fourth-order valence-corrected chi connectivity index (χ4v) is 2.45. The van der Waals surface area contributed by atoms with Gasteiger partial charge < -0.3 is 15.4 Å². The van der Waals surface area contributed by atoms with Crippen LogP contribution < -0.4 is 10.6 Å². The van der Waals surface area contributed by atoms with E-state index in [-0.39, 0.29) is 12.3 Å². The summed E-state index contributed by atoms with van der Waals surface area (Å²) in [6.07, 6.45) is 0.238. The number of methoxy groups -OCH3 is 1. The first-order chi connectivity index (χ1) is 11.5. The minimum atomic E-state index is -0.409. The molecule has 0 aliphatic heterocycles. The van der Waals surface area contributed by atoms with Crippen LogP contribution in [-0.4, -0.2) is 25.5 Å². The van der Waals surface area contributed by atoms with Crippen molar-refractivity contribution < 1.29 is 14.3 Å². The third-order valence-corrected chi connectivity index (χ3v) is 3.72. The second-order valence-electron chi connectivity index (χ2n) is 4.92. The van der Waals surface area contributed by atoms with E-state index in [0.717, 1.165) is 5.69 Å². The molecule has 126 valence electrons. The zero-order chi connectivity index (χ0) is 17.5. The standard InChI is InChI=1S/C17H16Cl2N2O3/c1-24-17(23)11-3-2-4-13(9-11)20-8-7-16(22)21-15-6-5-12(18)10-14(15)19/h2-6,9-10,20H,7-8H2,1H3,(H,21,22). The molecule has 0 bridgehead atoms. The zero-order valence-corrected chi connectivity index (χ0v) is 14.4. The predicted octanol–water partition coefficient (Wildman–Crippen LogP) is 4.22. The maximum absolute atomic E-state index is 11.9. The van der Waals surface area contributed by atoms with Gasteiger partial charge in [-0.1, -0.05) is 29.3 Å². The molecule has 2 aromatic rings. The average Bonchev–Trinajstić information content (AvgIpc) is 2.57. The van der Waals surface area contributed by atoms with Gasteiger partial charge in [0.15, 0.2) is 0 Å². The summed E-state index contributed by atoms with van der Waals surface area (Å²) in [6, 6.07) is 11.7. The van der Waals surface area contributed by atoms with Crippen molar-refractivity contribution in [2.24, 2.45) is 0 Å². The number of esters is 1. The van der Waals surface area contributed by atoms with E-state index in [4.69, 9.17) is 23.2 Å². The van der Waals surface area contributed by atoms with Crippen molar-refractivity contribution in [2.45, 2.75) is 6.42 Å². The number of amides is 1. The Labute approximate surface area is 149 Å². The molecule has 0 unspecified atom stereocenters. The molecule has 0 spiro atoms. The van der Waals surface area contributed by atoms with Crippen molar-refractivity contribution >= 4 is 46.5 Å². The molecule has 7 heteroatoms. The number of halogens is 2. The van der Waals surface area contributed by atoms with Crippen LogP contribution in [0.1, 0.15) is 16.8 Å². The Morgan fingerprint density at radius 1 is 1.12 bits per heavy atom. The lowest BCUT2D eigenvalue weighted by Gasteiger charge is -2.09. The number of rotatable bonds is 6. The SMILES string of the molecule is COC(=O)c1cccc(NCCC(=O)Nc2ccc(Cl)cc2Cl)c1. The van der Waals surface area contributed by atoms with Gasteiger partial charge in [0.05, 0.1) is 23.4 Å². The topological polar surface area (TPSA) is 67.4 Å². The summed E-state index contributed by atoms with van der Waals surface area (Å²) in [6.45, 7) is 0.404. The highest BCUT2D eigenvalue weighted by atomic mass is 35.5. The fraction of sp³-hybridized carbons (Fsp3) is 0.176. The number of carbonyl (C=O) groups excluding carboxylic acids is 2. The van der Waals surface area contributed by atoms with Gasteiger partial charge in [0.1, 0.15) is 0 Å². The smallest absolute Gasteiger partial charge is 0.337 e. The van der Waals surface area contributed by atoms with Gasteiger partial charge >= 0.3 is 5.97 Å². The predicted molar refractivity (Wildman–Crippen MR) is 96.0 cm³/mol. The van der Waals surface area contributed by atoms with E-state index in [1.807, 2.05) is 0 Å². The number of carbonyl (C=O) groups is 2. The highest BCUT2D eigenvalue weighted by molar-refractivity contribution is 6.36. The van der Waals surface area contributed by atoms with Crippen molar-refractivity contribution in [1.29, 1.82) is 0 Å². The summed E-state index contributed by atoms with van der Waals surface area (Å²) in [4.78, 5) is 23.4. The Balaban J connectivity index is 1.85. The number of anilines is 2. The first kappa shape index (κ1) is 18.1. The highest BCUT2D eigenvalue weighted by Gasteiger charge is 2.08. The molecular formula is C17H16Cl2N2O3. The Bertz CT molecular complexity index is 750. The van der Waals surface area contributed by atoms with Crippen molar-refractivity contribution in [2.75, 3.05) is 24.3 Å². The van der Waals surface area contributed by atoms with E-state index < -0.39 is 5.97 Å². The van der Waals surface area contributed by atoms with E-state index in [0.29, 0.717) is 27.8 Å². The largest absolute Gasteiger partial charge is 0.465 e. The second kappa shape index (κ2) is 8.57. The number of hydrogen-bond donors (Lipinski definition) is 2. The van der Waals surface area contributed by atoms with Gasteiger partial charge in [-0.25, -0.2) is 4.79 Å². The number of ether oxygens (including phenoxy) is 1. The van der Waals surface area contributed by atoms with Crippen LogP contribution in [0.4, 0.5) is 11.4 Å². The maximum Gasteiger partial charge on any atom is 0.337 e. The van der Waals surface area contributed by atoms with Gasteiger partial charge in [-0.15, -0.1) is 0 Å². The molecule has 24 heavy (non-hydrogen) atoms. The molecule has 0 radical (unpaired) electrons. The summed E-state index contributed by atoms with van der Waals surface area (Å²) in [5, 5.41) is 6.69. The molecule has 0 heterocycles. The van der Waals surface area contributed by atoms with E-state index in [1.54, 1.807) is 42.5 Å². The van der Waals surface area contributed by atoms with Crippen LogP contribution in [-0.2, 0) is 9.53 Å². The third kappa shape index (κ3) is 5.15. The quantitative estimate of drug-likeness (QED) is 0.751. The lowest BCUT2D eigenvalue weighted by atomic mass is 10.2. The molecule has 0 saturated heterocycles. The van der Waals surface area contributed by atoms with Crippen molar-refractivity contribution in [3.8, 4) is 0 Å². The summed E-state index contributed by atoms with van der Waals surface area (Å²) in [5.41, 5.74) is 1.69. The van der Waals surface area contributed by atoms with Gasteiger partial charge in [0.2, 0.25) is 5.91 Å².